The highest BCUT2D eigenvalue weighted by molar-refractivity contribution is 4.90. The molecule has 0 aliphatic carbocycles. The Balaban J connectivity index is 1.80. The zero-order valence-electron chi connectivity index (χ0n) is 7.21. The number of morpholine rings is 2. The summed E-state index contributed by atoms with van der Waals surface area (Å²) in [5, 5.41) is 3.35. The highest BCUT2D eigenvalue weighted by atomic mass is 16.5. The summed E-state index contributed by atoms with van der Waals surface area (Å²) >= 11 is 0. The predicted molar refractivity (Wildman–Crippen MR) is 44.5 cm³/mol. The molecular formula is C8H15N2O2. The largest absolute Gasteiger partial charge is 0.379 e. The fourth-order valence-corrected chi connectivity index (χ4v) is 1.52. The molecular weight excluding hydrogens is 156 g/mol. The van der Waals surface area contributed by atoms with Crippen LogP contribution in [0.3, 0.4) is 0 Å². The lowest BCUT2D eigenvalue weighted by Crippen LogP contribution is -2.50. The molecule has 2 fully saturated rings. The molecule has 0 atom stereocenters. The van der Waals surface area contributed by atoms with E-state index in [1.807, 2.05) is 0 Å². The van der Waals surface area contributed by atoms with Gasteiger partial charge in [0.05, 0.1) is 26.4 Å². The standard InChI is InChI=1S/C8H15N2O2/c1-4-12-7-8(9-1)10-2-5-11-6-3-10/h9H,1-7H2. The third kappa shape index (κ3) is 1.95. The summed E-state index contributed by atoms with van der Waals surface area (Å²) in [5.41, 5.74) is 0. The molecule has 0 saturated carbocycles. The summed E-state index contributed by atoms with van der Waals surface area (Å²) in [7, 11) is 0. The summed E-state index contributed by atoms with van der Waals surface area (Å²) in [5.74, 6) is 0. The van der Waals surface area contributed by atoms with E-state index in [0.29, 0.717) is 0 Å². The van der Waals surface area contributed by atoms with E-state index >= 15 is 0 Å². The Labute approximate surface area is 72.8 Å². The van der Waals surface area contributed by atoms with Gasteiger partial charge in [0, 0.05) is 19.6 Å². The molecule has 1 N–H and O–H groups in total. The van der Waals surface area contributed by atoms with Crippen LogP contribution in [0.15, 0.2) is 0 Å². The molecule has 0 aromatic carbocycles. The first kappa shape index (κ1) is 8.44. The number of nitrogens with one attached hydrogen (secondary N) is 1. The minimum absolute atomic E-state index is 0.736. The molecule has 69 valence electrons. The van der Waals surface area contributed by atoms with E-state index in [4.69, 9.17) is 9.47 Å². The molecule has 0 bridgehead atoms. The third-order valence-electron chi connectivity index (χ3n) is 2.21. The summed E-state index contributed by atoms with van der Waals surface area (Å²) in [6, 6.07) is 0. The topological polar surface area (TPSA) is 33.7 Å². The summed E-state index contributed by atoms with van der Waals surface area (Å²) in [6.07, 6.45) is 1.23. The van der Waals surface area contributed by atoms with Crippen molar-refractivity contribution >= 4 is 0 Å². The zero-order chi connectivity index (χ0) is 8.23. The van der Waals surface area contributed by atoms with Crippen LogP contribution >= 0.6 is 0 Å². The van der Waals surface area contributed by atoms with Gasteiger partial charge in [-0.2, -0.15) is 0 Å². The lowest BCUT2D eigenvalue weighted by atomic mass is 10.3. The zero-order valence-corrected chi connectivity index (χ0v) is 7.21. The van der Waals surface area contributed by atoms with Gasteiger partial charge >= 0.3 is 0 Å². The van der Waals surface area contributed by atoms with E-state index in [-0.39, 0.29) is 0 Å². The number of hydrogen-bond acceptors (Lipinski definition) is 4. The molecule has 4 heteroatoms. The molecule has 2 rings (SSSR count). The molecule has 2 saturated heterocycles. The van der Waals surface area contributed by atoms with Crippen LogP contribution in [-0.2, 0) is 9.47 Å². The fraction of sp³-hybridized carbons (Fsp3) is 0.875. The van der Waals surface area contributed by atoms with Crippen molar-refractivity contribution in [1.29, 1.82) is 0 Å². The van der Waals surface area contributed by atoms with Crippen LogP contribution in [0.25, 0.3) is 0 Å². The Morgan fingerprint density at radius 2 is 1.92 bits per heavy atom. The Kier molecular flexibility index (Phi) is 2.94. The van der Waals surface area contributed by atoms with Crippen LogP contribution in [0.2, 0.25) is 0 Å². The van der Waals surface area contributed by atoms with E-state index in [9.17, 15) is 0 Å². The Morgan fingerprint density at radius 3 is 2.58 bits per heavy atom. The molecule has 0 spiro atoms. The van der Waals surface area contributed by atoms with Gasteiger partial charge in [-0.15, -0.1) is 0 Å². The molecule has 4 nitrogen and oxygen atoms in total. The molecule has 12 heavy (non-hydrogen) atoms. The van der Waals surface area contributed by atoms with E-state index in [2.05, 4.69) is 10.2 Å². The fourth-order valence-electron chi connectivity index (χ4n) is 1.52. The van der Waals surface area contributed by atoms with Crippen molar-refractivity contribution in [2.24, 2.45) is 0 Å². The van der Waals surface area contributed by atoms with Crippen LogP contribution in [0.4, 0.5) is 0 Å². The van der Waals surface area contributed by atoms with Crippen LogP contribution in [0.5, 0.6) is 0 Å². The smallest absolute Gasteiger partial charge is 0.130 e. The summed E-state index contributed by atoms with van der Waals surface area (Å²) < 4.78 is 10.6. The maximum atomic E-state index is 5.35. The Morgan fingerprint density at radius 1 is 1.08 bits per heavy atom. The first-order valence-electron chi connectivity index (χ1n) is 4.47. The molecule has 0 amide bonds. The second-order valence-electron chi connectivity index (χ2n) is 3.03. The molecule has 2 aliphatic rings. The average molecular weight is 171 g/mol. The van der Waals surface area contributed by atoms with Gasteiger partial charge in [0.25, 0.3) is 0 Å². The minimum atomic E-state index is 0.736. The van der Waals surface area contributed by atoms with Gasteiger partial charge in [0.15, 0.2) is 0 Å². The van der Waals surface area contributed by atoms with Crippen molar-refractivity contribution in [2.75, 3.05) is 46.1 Å². The number of hydrogen-bond donors (Lipinski definition) is 1. The van der Waals surface area contributed by atoms with E-state index in [0.717, 1.165) is 46.1 Å². The maximum absolute atomic E-state index is 5.35. The summed E-state index contributed by atoms with van der Waals surface area (Å²) in [4.78, 5) is 2.31. The quantitative estimate of drug-likeness (QED) is 0.573. The van der Waals surface area contributed by atoms with Gasteiger partial charge < -0.3 is 9.47 Å². The van der Waals surface area contributed by atoms with Crippen molar-refractivity contribution in [3.8, 4) is 0 Å². The van der Waals surface area contributed by atoms with Crippen molar-refractivity contribution < 1.29 is 9.47 Å². The molecule has 2 heterocycles. The Bertz CT molecular complexity index is 115. The first-order chi connectivity index (χ1) is 5.97. The van der Waals surface area contributed by atoms with Crippen LogP contribution in [-0.4, -0.2) is 51.0 Å². The van der Waals surface area contributed by atoms with Crippen LogP contribution < -0.4 is 5.32 Å². The van der Waals surface area contributed by atoms with Gasteiger partial charge in [0.2, 0.25) is 0 Å². The molecule has 2 aliphatic heterocycles. The van der Waals surface area contributed by atoms with E-state index < -0.39 is 0 Å². The van der Waals surface area contributed by atoms with E-state index in [1.165, 1.54) is 6.17 Å². The maximum Gasteiger partial charge on any atom is 0.130 e. The number of nitrogens with zero attached hydrogens (tertiary/aromatic N) is 1. The van der Waals surface area contributed by atoms with Gasteiger partial charge in [-0.3, -0.25) is 10.2 Å². The SMILES string of the molecule is C1COC[C](N2CCOCC2)N1. The summed E-state index contributed by atoms with van der Waals surface area (Å²) in [6.45, 7) is 6.16. The van der Waals surface area contributed by atoms with Crippen LogP contribution in [0, 0.1) is 6.17 Å². The number of rotatable bonds is 1. The predicted octanol–water partition coefficient (Wildman–Crippen LogP) is -0.572. The average Bonchev–Trinajstić information content (AvgIpc) is 2.21. The number of ether oxygens (including phenoxy) is 2. The van der Waals surface area contributed by atoms with Crippen molar-refractivity contribution in [2.45, 2.75) is 0 Å². The Hall–Kier alpha value is -0.160. The van der Waals surface area contributed by atoms with Gasteiger partial charge in [-0.1, -0.05) is 0 Å². The van der Waals surface area contributed by atoms with Gasteiger partial charge in [-0.05, 0) is 0 Å². The van der Waals surface area contributed by atoms with Crippen molar-refractivity contribution in [3.05, 3.63) is 6.17 Å². The molecule has 0 unspecified atom stereocenters. The molecule has 1 radical (unpaired) electrons. The lowest BCUT2D eigenvalue weighted by Gasteiger charge is -2.35. The van der Waals surface area contributed by atoms with Crippen LogP contribution in [0.1, 0.15) is 0 Å². The normalized spacial score (nSPS) is 29.0. The molecule has 0 aromatic rings. The highest BCUT2D eigenvalue weighted by Gasteiger charge is 2.23. The van der Waals surface area contributed by atoms with Crippen molar-refractivity contribution in [1.82, 2.24) is 10.2 Å². The highest BCUT2D eigenvalue weighted by Crippen LogP contribution is 2.10. The van der Waals surface area contributed by atoms with Gasteiger partial charge in [0.1, 0.15) is 6.17 Å². The second-order valence-corrected chi connectivity index (χ2v) is 3.03. The second kappa shape index (κ2) is 4.18. The minimum Gasteiger partial charge on any atom is -0.379 e. The van der Waals surface area contributed by atoms with E-state index in [1.54, 1.807) is 0 Å². The van der Waals surface area contributed by atoms with Crippen molar-refractivity contribution in [3.63, 3.8) is 0 Å². The third-order valence-corrected chi connectivity index (χ3v) is 2.21. The molecule has 0 aromatic heterocycles. The lowest BCUT2D eigenvalue weighted by molar-refractivity contribution is 0.00250. The first-order valence-corrected chi connectivity index (χ1v) is 4.47. The monoisotopic (exact) mass is 171 g/mol. The van der Waals surface area contributed by atoms with Gasteiger partial charge in [-0.25, -0.2) is 0 Å².